The fourth-order valence-electron chi connectivity index (χ4n) is 7.37. The molecule has 0 spiro atoms. The summed E-state index contributed by atoms with van der Waals surface area (Å²) in [6, 6.07) is 17.1. The number of alkyl halides is 1. The zero-order chi connectivity index (χ0) is 32.3. The van der Waals surface area contributed by atoms with Crippen LogP contribution in [0, 0.1) is 12.7 Å². The fraction of sp³-hybridized carbons (Fsp3) is 0.278. The van der Waals surface area contributed by atoms with Crippen molar-refractivity contribution in [2.24, 2.45) is 0 Å². The second-order valence-electron chi connectivity index (χ2n) is 12.4. The van der Waals surface area contributed by atoms with Gasteiger partial charge in [0.05, 0.1) is 23.3 Å². The number of pyridine rings is 1. The van der Waals surface area contributed by atoms with E-state index in [1.165, 1.54) is 18.2 Å². The van der Waals surface area contributed by atoms with E-state index in [1.807, 2.05) is 30.3 Å². The van der Waals surface area contributed by atoms with Gasteiger partial charge >= 0.3 is 11.6 Å². The molecule has 2 N–H and O–H groups in total. The number of rotatable bonds is 7. The lowest BCUT2D eigenvalue weighted by atomic mass is 9.95. The summed E-state index contributed by atoms with van der Waals surface area (Å²) in [4.78, 5) is 29.8. The van der Waals surface area contributed by atoms with Crippen LogP contribution >= 0.6 is 0 Å². The monoisotopic (exact) mass is 635 g/mol. The van der Waals surface area contributed by atoms with Crippen molar-refractivity contribution in [3.05, 3.63) is 94.4 Å². The average molecular weight is 636 g/mol. The second kappa shape index (κ2) is 11.3. The van der Waals surface area contributed by atoms with Crippen molar-refractivity contribution < 1.29 is 23.0 Å². The van der Waals surface area contributed by atoms with Crippen LogP contribution in [-0.4, -0.2) is 56.4 Å². The highest BCUT2D eigenvalue weighted by atomic mass is 19.1. The molecule has 47 heavy (non-hydrogen) atoms. The molecular formula is C36H31F2N5O4. The van der Waals surface area contributed by atoms with Gasteiger partial charge in [0, 0.05) is 41.1 Å². The predicted molar refractivity (Wildman–Crippen MR) is 175 cm³/mol. The number of nitrogens with zero attached hydrogens (tertiary/aromatic N) is 4. The van der Waals surface area contributed by atoms with Crippen molar-refractivity contribution in [3.8, 4) is 23.1 Å². The van der Waals surface area contributed by atoms with Gasteiger partial charge < -0.3 is 19.6 Å². The Balaban J connectivity index is 1.26. The lowest BCUT2D eigenvalue weighted by Crippen LogP contribution is -2.43. The highest BCUT2D eigenvalue weighted by molar-refractivity contribution is 6.00. The van der Waals surface area contributed by atoms with E-state index in [2.05, 4.69) is 25.2 Å². The normalized spacial score (nSPS) is 19.5. The summed E-state index contributed by atoms with van der Waals surface area (Å²) < 4.78 is 41.8. The summed E-state index contributed by atoms with van der Waals surface area (Å²) in [5.74, 6) is -0.387. The van der Waals surface area contributed by atoms with Crippen LogP contribution in [0.3, 0.4) is 0 Å². The first-order chi connectivity index (χ1) is 22.8. The molecule has 238 valence electrons. The number of aryl methyl sites for hydroxylation is 1. The van der Waals surface area contributed by atoms with Crippen molar-refractivity contribution in [1.82, 2.24) is 19.9 Å². The molecule has 5 heterocycles. The largest absolute Gasteiger partial charge is 0.508 e. The van der Waals surface area contributed by atoms with E-state index in [-0.39, 0.29) is 58.3 Å². The van der Waals surface area contributed by atoms with E-state index in [9.17, 15) is 14.3 Å². The van der Waals surface area contributed by atoms with Crippen LogP contribution in [0.1, 0.15) is 30.5 Å². The number of benzene rings is 3. The first-order valence-corrected chi connectivity index (χ1v) is 15.7. The zero-order valence-corrected chi connectivity index (χ0v) is 25.6. The standard InChI is InChI=1S/C36H31F2N5O4/c1-20-31-30(34(45)47-32(20)26-15-24(44)14-22-7-4-9-27(38)29(22)26)33(40-17-28-25-8-3-2-6-21(25)10-12-39-28)42-35(41-31)46-19-36-11-5-13-43(36)18-23(37)16-36/h2-4,6-10,12,14-15,23,44H,5,11,13,16-19H2,1H3,(H,40,41,42)/t23-,36+/m1/s1. The molecule has 0 aliphatic carbocycles. The number of ether oxygens (including phenoxy) is 1. The number of hydrogen-bond acceptors (Lipinski definition) is 9. The summed E-state index contributed by atoms with van der Waals surface area (Å²) in [6.07, 6.45) is 2.94. The highest BCUT2D eigenvalue weighted by Crippen LogP contribution is 2.41. The predicted octanol–water partition coefficient (Wildman–Crippen LogP) is 6.67. The Labute approximate surface area is 267 Å². The van der Waals surface area contributed by atoms with Gasteiger partial charge in [-0.25, -0.2) is 13.6 Å². The maximum atomic E-state index is 15.2. The number of aromatic nitrogens is 3. The van der Waals surface area contributed by atoms with E-state index in [4.69, 9.17) is 9.15 Å². The van der Waals surface area contributed by atoms with Gasteiger partial charge in [0.15, 0.2) is 0 Å². The van der Waals surface area contributed by atoms with Gasteiger partial charge in [-0.2, -0.15) is 9.97 Å². The molecule has 2 aliphatic rings. The third kappa shape index (κ3) is 5.01. The quantitative estimate of drug-likeness (QED) is 0.199. The summed E-state index contributed by atoms with van der Waals surface area (Å²) in [5.41, 5.74) is 0.455. The molecule has 11 heteroatoms. The van der Waals surface area contributed by atoms with E-state index in [0.717, 1.165) is 35.9 Å². The molecule has 0 amide bonds. The molecule has 3 aromatic heterocycles. The highest BCUT2D eigenvalue weighted by Gasteiger charge is 2.49. The van der Waals surface area contributed by atoms with Gasteiger partial charge in [-0.1, -0.05) is 36.4 Å². The van der Waals surface area contributed by atoms with E-state index in [1.54, 1.807) is 25.3 Å². The lowest BCUT2D eigenvalue weighted by Gasteiger charge is -2.30. The molecule has 0 radical (unpaired) electrons. The fourth-order valence-corrected chi connectivity index (χ4v) is 7.37. The van der Waals surface area contributed by atoms with Crippen LogP contribution in [0.2, 0.25) is 0 Å². The molecule has 0 bridgehead atoms. The molecule has 2 saturated heterocycles. The zero-order valence-electron chi connectivity index (χ0n) is 25.6. The Kier molecular flexibility index (Phi) is 7.02. The molecule has 6 aromatic rings. The molecule has 8 rings (SSSR count). The first kappa shape index (κ1) is 29.3. The molecule has 2 fully saturated rings. The van der Waals surface area contributed by atoms with Gasteiger partial charge in [-0.3, -0.25) is 9.88 Å². The number of phenols is 1. The maximum absolute atomic E-state index is 15.2. The van der Waals surface area contributed by atoms with Gasteiger partial charge in [0.25, 0.3) is 0 Å². The average Bonchev–Trinajstić information content (AvgIpc) is 3.59. The van der Waals surface area contributed by atoms with Gasteiger partial charge in [-0.05, 0) is 61.3 Å². The SMILES string of the molecule is Cc1c(-c2cc(O)cc3cccc(F)c23)oc(=O)c2c(NCc3nccc4ccccc34)nc(OC[C@@]34CCCN3C[C@H](F)C4)nc12. The summed E-state index contributed by atoms with van der Waals surface area (Å²) in [5, 5.41) is 16.5. The molecular weight excluding hydrogens is 604 g/mol. The van der Waals surface area contributed by atoms with Crippen LogP contribution < -0.4 is 15.7 Å². The van der Waals surface area contributed by atoms with Crippen LogP contribution in [0.15, 0.2) is 76.1 Å². The first-order valence-electron chi connectivity index (χ1n) is 15.7. The van der Waals surface area contributed by atoms with Crippen molar-refractivity contribution in [1.29, 1.82) is 0 Å². The van der Waals surface area contributed by atoms with Crippen LogP contribution in [0.4, 0.5) is 14.6 Å². The molecule has 9 nitrogen and oxygen atoms in total. The molecule has 2 atom stereocenters. The Bertz CT molecular complexity index is 2250. The molecule has 0 unspecified atom stereocenters. The number of anilines is 1. The maximum Gasteiger partial charge on any atom is 0.349 e. The molecule has 2 aliphatic heterocycles. The third-order valence-electron chi connectivity index (χ3n) is 9.55. The number of fused-ring (bicyclic) bond motifs is 4. The van der Waals surface area contributed by atoms with Gasteiger partial charge in [0.2, 0.25) is 0 Å². The van der Waals surface area contributed by atoms with Crippen LogP contribution in [-0.2, 0) is 6.54 Å². The third-order valence-corrected chi connectivity index (χ3v) is 9.55. The van der Waals surface area contributed by atoms with Crippen molar-refractivity contribution in [2.45, 2.75) is 44.4 Å². The van der Waals surface area contributed by atoms with Crippen molar-refractivity contribution in [2.75, 3.05) is 25.0 Å². The minimum absolute atomic E-state index is 0.0148. The Morgan fingerprint density at radius 2 is 1.96 bits per heavy atom. The number of phenolic OH excluding ortho intramolecular Hbond substituents is 1. The van der Waals surface area contributed by atoms with Crippen molar-refractivity contribution in [3.63, 3.8) is 0 Å². The number of nitrogens with one attached hydrogen (secondary N) is 1. The van der Waals surface area contributed by atoms with E-state index >= 15 is 4.39 Å². The van der Waals surface area contributed by atoms with E-state index in [0.29, 0.717) is 23.9 Å². The van der Waals surface area contributed by atoms with E-state index < -0.39 is 23.2 Å². The smallest absolute Gasteiger partial charge is 0.349 e. The Morgan fingerprint density at radius 3 is 2.85 bits per heavy atom. The van der Waals surface area contributed by atoms with Gasteiger partial charge in [0.1, 0.15) is 41.3 Å². The van der Waals surface area contributed by atoms with Crippen LogP contribution in [0.25, 0.3) is 43.8 Å². The van der Waals surface area contributed by atoms with Crippen molar-refractivity contribution >= 4 is 38.3 Å². The second-order valence-corrected chi connectivity index (χ2v) is 12.4. The molecule has 3 aromatic carbocycles. The topological polar surface area (TPSA) is 114 Å². The number of aromatic hydroxyl groups is 1. The lowest BCUT2D eigenvalue weighted by molar-refractivity contribution is 0.107. The minimum Gasteiger partial charge on any atom is -0.508 e. The Hall–Kier alpha value is -5.16. The number of hydrogen-bond donors (Lipinski definition) is 2. The molecule has 0 saturated carbocycles. The Morgan fingerprint density at radius 1 is 1.11 bits per heavy atom. The number of halogens is 2. The summed E-state index contributed by atoms with van der Waals surface area (Å²) in [6.45, 7) is 3.33. The van der Waals surface area contributed by atoms with Gasteiger partial charge in [-0.15, -0.1) is 0 Å². The van der Waals surface area contributed by atoms with Crippen LogP contribution in [0.5, 0.6) is 11.8 Å². The summed E-state index contributed by atoms with van der Waals surface area (Å²) in [7, 11) is 0. The minimum atomic E-state index is -0.922. The summed E-state index contributed by atoms with van der Waals surface area (Å²) >= 11 is 0.